The van der Waals surface area contributed by atoms with E-state index in [4.69, 9.17) is 10.5 Å². The average Bonchev–Trinajstić information content (AvgIpc) is 2.68. The fourth-order valence-electron chi connectivity index (χ4n) is 2.80. The molecule has 1 fully saturated rings. The number of nitrogens with zero attached hydrogens (tertiary/aromatic N) is 3. The number of morpholine rings is 1. The Bertz CT molecular complexity index is 686. The van der Waals surface area contributed by atoms with Crippen molar-refractivity contribution in [2.45, 2.75) is 19.0 Å². The maximum Gasteiger partial charge on any atom is 0.232 e. The molecule has 132 valence electrons. The maximum atomic E-state index is 12.4. The standard InChI is InChI=1S/C18H23N5O2/c1-13(18(24)22-16-12-20-6-7-21-16)14-2-4-15(5-3-14)17(19)23-8-10-25-11-9-23/h2-7,12-13,17H,8-11,19H2,1H3,(H,21,22,24)/t13-,17?/m1/s1. The van der Waals surface area contributed by atoms with E-state index in [-0.39, 0.29) is 18.0 Å². The lowest BCUT2D eigenvalue weighted by molar-refractivity contribution is -0.117. The van der Waals surface area contributed by atoms with Gasteiger partial charge in [0.1, 0.15) is 0 Å². The molecule has 0 spiro atoms. The van der Waals surface area contributed by atoms with E-state index in [9.17, 15) is 4.79 Å². The minimum Gasteiger partial charge on any atom is -0.379 e. The fraction of sp³-hybridized carbons (Fsp3) is 0.389. The molecule has 2 atom stereocenters. The smallest absolute Gasteiger partial charge is 0.232 e. The van der Waals surface area contributed by atoms with E-state index in [0.717, 1.165) is 24.2 Å². The first kappa shape index (κ1) is 17.5. The summed E-state index contributed by atoms with van der Waals surface area (Å²) < 4.78 is 5.36. The maximum absolute atomic E-state index is 12.4. The molecule has 25 heavy (non-hydrogen) atoms. The number of hydrogen-bond donors (Lipinski definition) is 2. The molecule has 1 saturated heterocycles. The zero-order valence-electron chi connectivity index (χ0n) is 14.3. The minimum atomic E-state index is -0.296. The van der Waals surface area contributed by atoms with Crippen molar-refractivity contribution < 1.29 is 9.53 Å². The number of hydrogen-bond acceptors (Lipinski definition) is 6. The Hall–Kier alpha value is -2.35. The lowest BCUT2D eigenvalue weighted by Gasteiger charge is -2.32. The van der Waals surface area contributed by atoms with Crippen LogP contribution >= 0.6 is 0 Å². The second kappa shape index (κ2) is 8.15. The third kappa shape index (κ3) is 4.39. The quantitative estimate of drug-likeness (QED) is 0.856. The van der Waals surface area contributed by atoms with Crippen LogP contribution in [-0.4, -0.2) is 47.1 Å². The molecule has 1 amide bonds. The Labute approximate surface area is 147 Å². The predicted molar refractivity (Wildman–Crippen MR) is 94.8 cm³/mol. The molecule has 7 nitrogen and oxygen atoms in total. The number of carbonyl (C=O) groups is 1. The first-order chi connectivity index (χ1) is 12.1. The number of rotatable bonds is 5. The van der Waals surface area contributed by atoms with E-state index in [0.29, 0.717) is 19.0 Å². The van der Waals surface area contributed by atoms with Gasteiger partial charge in [0.15, 0.2) is 5.82 Å². The van der Waals surface area contributed by atoms with Crippen LogP contribution in [0.5, 0.6) is 0 Å². The number of nitrogens with one attached hydrogen (secondary N) is 1. The monoisotopic (exact) mass is 341 g/mol. The summed E-state index contributed by atoms with van der Waals surface area (Å²) in [6.07, 6.45) is 4.48. The molecule has 3 N–H and O–H groups in total. The second-order valence-corrected chi connectivity index (χ2v) is 6.06. The zero-order chi connectivity index (χ0) is 17.6. The molecule has 1 aromatic heterocycles. The van der Waals surface area contributed by atoms with Crippen molar-refractivity contribution in [3.63, 3.8) is 0 Å². The molecule has 1 aliphatic rings. The summed E-state index contributed by atoms with van der Waals surface area (Å²) in [5.41, 5.74) is 8.30. The lowest BCUT2D eigenvalue weighted by Crippen LogP contribution is -2.42. The Kier molecular flexibility index (Phi) is 5.70. The van der Waals surface area contributed by atoms with Crippen LogP contribution in [0.3, 0.4) is 0 Å². The normalized spacial score (nSPS) is 17.7. The summed E-state index contributed by atoms with van der Waals surface area (Å²) >= 11 is 0. The topological polar surface area (TPSA) is 93.4 Å². The van der Waals surface area contributed by atoms with E-state index < -0.39 is 0 Å². The molecule has 1 aliphatic heterocycles. The van der Waals surface area contributed by atoms with Gasteiger partial charge in [-0.25, -0.2) is 4.98 Å². The number of ether oxygens (including phenoxy) is 1. The predicted octanol–water partition coefficient (Wildman–Crippen LogP) is 1.51. The van der Waals surface area contributed by atoms with Crippen LogP contribution in [0.15, 0.2) is 42.9 Å². The number of amides is 1. The number of nitrogens with two attached hydrogens (primary N) is 1. The SMILES string of the molecule is C[C@@H](C(=O)Nc1cnccn1)c1ccc(C(N)N2CCOCC2)cc1. The van der Waals surface area contributed by atoms with E-state index in [2.05, 4.69) is 20.2 Å². The van der Waals surface area contributed by atoms with Crippen molar-refractivity contribution in [3.05, 3.63) is 54.0 Å². The largest absolute Gasteiger partial charge is 0.379 e. The van der Waals surface area contributed by atoms with Gasteiger partial charge in [-0.15, -0.1) is 0 Å². The number of carbonyl (C=O) groups excluding carboxylic acids is 1. The van der Waals surface area contributed by atoms with Crippen LogP contribution in [0.25, 0.3) is 0 Å². The van der Waals surface area contributed by atoms with Gasteiger partial charge in [-0.05, 0) is 18.1 Å². The molecular weight excluding hydrogens is 318 g/mol. The average molecular weight is 341 g/mol. The highest BCUT2D eigenvalue weighted by molar-refractivity contribution is 5.94. The van der Waals surface area contributed by atoms with E-state index in [1.165, 1.54) is 6.20 Å². The molecule has 2 heterocycles. The van der Waals surface area contributed by atoms with Gasteiger partial charge in [-0.1, -0.05) is 24.3 Å². The van der Waals surface area contributed by atoms with Gasteiger partial charge in [0, 0.05) is 25.5 Å². The van der Waals surface area contributed by atoms with Crippen molar-refractivity contribution in [1.82, 2.24) is 14.9 Å². The summed E-state index contributed by atoms with van der Waals surface area (Å²) in [4.78, 5) is 22.5. The number of anilines is 1. The molecule has 3 rings (SSSR count). The van der Waals surface area contributed by atoms with Gasteiger partial charge in [-0.2, -0.15) is 0 Å². The zero-order valence-corrected chi connectivity index (χ0v) is 14.3. The van der Waals surface area contributed by atoms with Crippen LogP contribution in [-0.2, 0) is 9.53 Å². The van der Waals surface area contributed by atoms with E-state index in [1.807, 2.05) is 31.2 Å². The van der Waals surface area contributed by atoms with Crippen molar-refractivity contribution >= 4 is 11.7 Å². The Morgan fingerprint density at radius 2 is 1.88 bits per heavy atom. The Balaban J connectivity index is 1.63. The molecule has 0 saturated carbocycles. The van der Waals surface area contributed by atoms with Crippen LogP contribution < -0.4 is 11.1 Å². The molecule has 7 heteroatoms. The minimum absolute atomic E-state index is 0.120. The van der Waals surface area contributed by atoms with Crippen molar-refractivity contribution in [2.75, 3.05) is 31.6 Å². The summed E-state index contributed by atoms with van der Waals surface area (Å²) in [6.45, 7) is 4.96. The summed E-state index contributed by atoms with van der Waals surface area (Å²) in [5.74, 6) is 0.0340. The highest BCUT2D eigenvalue weighted by Gasteiger charge is 2.20. The number of aromatic nitrogens is 2. The summed E-state index contributed by atoms with van der Waals surface area (Å²) in [5, 5.41) is 2.77. The molecular formula is C18H23N5O2. The highest BCUT2D eigenvalue weighted by atomic mass is 16.5. The van der Waals surface area contributed by atoms with Gasteiger partial charge in [0.2, 0.25) is 5.91 Å². The molecule has 0 radical (unpaired) electrons. The third-order valence-electron chi connectivity index (χ3n) is 4.42. The summed E-state index contributed by atoms with van der Waals surface area (Å²) in [6, 6.07) is 7.89. The van der Waals surface area contributed by atoms with Crippen LogP contribution in [0, 0.1) is 0 Å². The first-order valence-electron chi connectivity index (χ1n) is 8.39. The molecule has 1 aromatic carbocycles. The third-order valence-corrected chi connectivity index (χ3v) is 4.42. The van der Waals surface area contributed by atoms with E-state index in [1.54, 1.807) is 12.4 Å². The van der Waals surface area contributed by atoms with Gasteiger partial charge in [-0.3, -0.25) is 14.7 Å². The first-order valence-corrected chi connectivity index (χ1v) is 8.39. The summed E-state index contributed by atoms with van der Waals surface area (Å²) in [7, 11) is 0. The van der Waals surface area contributed by atoms with Crippen LogP contribution in [0.4, 0.5) is 5.82 Å². The second-order valence-electron chi connectivity index (χ2n) is 6.06. The highest BCUT2D eigenvalue weighted by Crippen LogP contribution is 2.22. The lowest BCUT2D eigenvalue weighted by atomic mass is 9.98. The van der Waals surface area contributed by atoms with Gasteiger partial charge in [0.25, 0.3) is 0 Å². The van der Waals surface area contributed by atoms with Gasteiger partial charge < -0.3 is 15.8 Å². The van der Waals surface area contributed by atoms with Crippen molar-refractivity contribution in [1.29, 1.82) is 0 Å². The van der Waals surface area contributed by atoms with Gasteiger partial charge >= 0.3 is 0 Å². The molecule has 2 aromatic rings. The molecule has 0 bridgehead atoms. The molecule has 1 unspecified atom stereocenters. The van der Waals surface area contributed by atoms with Crippen molar-refractivity contribution in [2.24, 2.45) is 5.73 Å². The van der Waals surface area contributed by atoms with Gasteiger partial charge in [0.05, 0.1) is 31.5 Å². The van der Waals surface area contributed by atoms with Crippen LogP contribution in [0.1, 0.15) is 30.1 Å². The fourth-order valence-corrected chi connectivity index (χ4v) is 2.80. The Morgan fingerprint density at radius 3 is 2.52 bits per heavy atom. The van der Waals surface area contributed by atoms with Crippen molar-refractivity contribution in [3.8, 4) is 0 Å². The van der Waals surface area contributed by atoms with E-state index >= 15 is 0 Å². The number of benzene rings is 1. The molecule has 0 aliphatic carbocycles. The van der Waals surface area contributed by atoms with Crippen LogP contribution in [0.2, 0.25) is 0 Å². The Morgan fingerprint density at radius 1 is 1.20 bits per heavy atom.